The molecule has 70 heavy (non-hydrogen) atoms. The third-order valence-corrected chi connectivity index (χ3v) is 14.1. The molecule has 0 unspecified atom stereocenters. The van der Waals surface area contributed by atoms with E-state index in [-0.39, 0.29) is 16.4 Å². The fourth-order valence-electron chi connectivity index (χ4n) is 9.17. The van der Waals surface area contributed by atoms with Gasteiger partial charge in [0.1, 0.15) is 70.0 Å². The van der Waals surface area contributed by atoms with Gasteiger partial charge in [-0.15, -0.1) is 0 Å². The highest BCUT2D eigenvalue weighted by Crippen LogP contribution is 2.41. The fraction of sp³-hybridized carbons (Fsp3) is 0.258. The zero-order valence-corrected chi connectivity index (χ0v) is 41.3. The molecule has 0 fully saturated rings. The summed E-state index contributed by atoms with van der Waals surface area (Å²) in [6.45, 7) is 17.4. The second-order valence-electron chi connectivity index (χ2n) is 18.6. The maximum atomic E-state index is 9.57. The number of nitrogens with zero attached hydrogens (tertiary/aromatic N) is 4. The molecule has 0 saturated heterocycles. The summed E-state index contributed by atoms with van der Waals surface area (Å²) in [5, 5.41) is 37.6. The van der Waals surface area contributed by atoms with Gasteiger partial charge in [0.05, 0.1) is 22.3 Å². The molecule has 350 valence electrons. The van der Waals surface area contributed by atoms with Crippen molar-refractivity contribution in [1.82, 2.24) is 0 Å². The predicted octanol–water partition coefficient (Wildman–Crippen LogP) is 15.6. The van der Waals surface area contributed by atoms with Gasteiger partial charge in [-0.25, -0.2) is 0 Å². The first kappa shape index (κ1) is 49.6. The van der Waals surface area contributed by atoms with Crippen molar-refractivity contribution in [2.24, 2.45) is 0 Å². The summed E-state index contributed by atoms with van der Waals surface area (Å²) in [5.41, 5.74) is 6.30. The lowest BCUT2D eigenvalue weighted by Gasteiger charge is -2.34. The summed E-state index contributed by atoms with van der Waals surface area (Å²) in [7, 11) is 0. The van der Waals surface area contributed by atoms with Gasteiger partial charge in [0, 0.05) is 10.8 Å². The lowest BCUT2D eigenvalue weighted by Crippen LogP contribution is -2.32. The van der Waals surface area contributed by atoms with E-state index in [0.29, 0.717) is 39.7 Å². The zero-order valence-electron chi connectivity index (χ0n) is 41.3. The molecule has 7 aromatic carbocycles. The Kier molecular flexibility index (Phi) is 14.8. The first-order chi connectivity index (χ1) is 33.7. The summed E-state index contributed by atoms with van der Waals surface area (Å²) in [6.07, 6.45) is 3.02. The first-order valence-electron chi connectivity index (χ1n) is 23.9. The van der Waals surface area contributed by atoms with Crippen molar-refractivity contribution in [3.05, 3.63) is 213 Å². The molecule has 7 aromatic rings. The number of rotatable bonds is 18. The van der Waals surface area contributed by atoms with Gasteiger partial charge in [-0.2, -0.15) is 21.0 Å². The van der Waals surface area contributed by atoms with E-state index in [0.717, 1.165) is 65.0 Å². The molecule has 0 spiro atoms. The van der Waals surface area contributed by atoms with Crippen LogP contribution in [0.15, 0.2) is 158 Å². The van der Waals surface area contributed by atoms with Gasteiger partial charge in [0.25, 0.3) is 0 Å². The highest BCUT2D eigenvalue weighted by molar-refractivity contribution is 5.52. The average molecular weight is 923 g/mol. The number of benzene rings is 7. The summed E-state index contributed by atoms with van der Waals surface area (Å²) in [5.74, 6) is 3.93. The number of hydrogen-bond acceptors (Lipinski definition) is 8. The molecule has 0 N–H and O–H groups in total. The Bertz CT molecular complexity index is 3100. The van der Waals surface area contributed by atoms with Crippen molar-refractivity contribution in [2.75, 3.05) is 0 Å². The van der Waals surface area contributed by atoms with Crippen LogP contribution in [-0.4, -0.2) is 0 Å². The van der Waals surface area contributed by atoms with Crippen LogP contribution in [0.4, 0.5) is 0 Å². The molecular formula is C62H58N4O4. The van der Waals surface area contributed by atoms with Gasteiger partial charge in [0.15, 0.2) is 0 Å². The van der Waals surface area contributed by atoms with Crippen molar-refractivity contribution in [1.29, 1.82) is 21.0 Å². The topological polar surface area (TPSA) is 132 Å². The van der Waals surface area contributed by atoms with Crippen LogP contribution in [0.25, 0.3) is 0 Å². The monoisotopic (exact) mass is 922 g/mol. The lowest BCUT2D eigenvalue weighted by atomic mass is 9.77. The molecule has 0 atom stereocenters. The van der Waals surface area contributed by atoms with Crippen LogP contribution in [0.1, 0.15) is 137 Å². The van der Waals surface area contributed by atoms with Crippen molar-refractivity contribution in [2.45, 2.75) is 103 Å². The van der Waals surface area contributed by atoms with Gasteiger partial charge < -0.3 is 18.9 Å². The van der Waals surface area contributed by atoms with Crippen molar-refractivity contribution >= 4 is 0 Å². The van der Waals surface area contributed by atoms with Crippen LogP contribution in [0.2, 0.25) is 0 Å². The minimum Gasteiger partial charge on any atom is -0.483 e. The molecule has 0 aliphatic heterocycles. The standard InChI is InChI=1S/C62H58N4O4/c1-9-61(10-2,51-19-15-47(16-20-51)60(7,8)50-25-31-54(32-26-50)68-57-27-13-43(39-63)45(37-57)41-65)69-56-35-33-55(34-36-56)67-53-29-23-49(24-30-53)59(5,6)48-17-21-52(22-18-48)62(11-3,12-4)70-58-28-14-44(40-64)46(38-58)42-66/h13-38H,9-12H2,1-8H3. The molecule has 8 heteroatoms. The molecule has 0 radical (unpaired) electrons. The van der Waals surface area contributed by atoms with Gasteiger partial charge in [-0.1, -0.05) is 128 Å². The number of hydrogen-bond donors (Lipinski definition) is 0. The van der Waals surface area contributed by atoms with Crippen LogP contribution in [0, 0.1) is 45.3 Å². The maximum absolute atomic E-state index is 9.57. The Morgan fingerprint density at radius 3 is 0.929 bits per heavy atom. The molecule has 8 nitrogen and oxygen atoms in total. The molecule has 0 aromatic heterocycles. The zero-order chi connectivity index (χ0) is 50.1. The third-order valence-electron chi connectivity index (χ3n) is 14.1. The Morgan fingerprint density at radius 2 is 0.571 bits per heavy atom. The molecule has 0 heterocycles. The lowest BCUT2D eigenvalue weighted by molar-refractivity contribution is 0.0571. The highest BCUT2D eigenvalue weighted by Gasteiger charge is 2.34. The van der Waals surface area contributed by atoms with Crippen LogP contribution in [-0.2, 0) is 22.0 Å². The van der Waals surface area contributed by atoms with Crippen LogP contribution < -0.4 is 18.9 Å². The molecule has 0 aliphatic rings. The van der Waals surface area contributed by atoms with Crippen molar-refractivity contribution in [3.8, 4) is 58.8 Å². The van der Waals surface area contributed by atoms with E-state index < -0.39 is 11.2 Å². The molecule has 0 aliphatic carbocycles. The summed E-state index contributed by atoms with van der Waals surface area (Å²) in [4.78, 5) is 0. The highest BCUT2D eigenvalue weighted by atomic mass is 16.5. The fourth-order valence-corrected chi connectivity index (χ4v) is 9.17. The molecular weight excluding hydrogens is 865 g/mol. The molecule has 0 saturated carbocycles. The van der Waals surface area contributed by atoms with Gasteiger partial charge in [0.2, 0.25) is 0 Å². The SMILES string of the molecule is CCC(CC)(Oc1ccc(Oc2ccc(C(C)(C)c3ccc(C(CC)(CC)Oc4ccc(C#N)c(C#N)c4)cc3)cc2)cc1)c1ccc(C(C)(C)c2ccc(Oc3ccc(C#N)c(C#N)c3)cc2)cc1. The predicted molar refractivity (Wildman–Crippen MR) is 274 cm³/mol. The first-order valence-corrected chi connectivity index (χ1v) is 23.9. The molecule has 0 amide bonds. The van der Waals surface area contributed by atoms with E-state index >= 15 is 0 Å². The number of nitriles is 4. The summed E-state index contributed by atoms with van der Waals surface area (Å²) < 4.78 is 25.8. The van der Waals surface area contributed by atoms with Crippen LogP contribution in [0.3, 0.4) is 0 Å². The van der Waals surface area contributed by atoms with Crippen molar-refractivity contribution < 1.29 is 18.9 Å². The van der Waals surface area contributed by atoms with Gasteiger partial charge >= 0.3 is 0 Å². The second kappa shape index (κ2) is 20.9. The van der Waals surface area contributed by atoms with Crippen LogP contribution in [0.5, 0.6) is 34.5 Å². The van der Waals surface area contributed by atoms with E-state index in [1.165, 1.54) is 5.56 Å². The summed E-state index contributed by atoms with van der Waals surface area (Å²) >= 11 is 0. The minimum absolute atomic E-state index is 0.283. The minimum atomic E-state index is -0.593. The smallest absolute Gasteiger partial charge is 0.133 e. The average Bonchev–Trinajstić information content (AvgIpc) is 3.40. The van der Waals surface area contributed by atoms with E-state index in [1.807, 2.05) is 54.6 Å². The largest absolute Gasteiger partial charge is 0.483 e. The normalized spacial score (nSPS) is 11.6. The number of ether oxygens (including phenoxy) is 4. The molecule has 0 bridgehead atoms. The Hall–Kier alpha value is -8.30. The summed E-state index contributed by atoms with van der Waals surface area (Å²) in [6, 6.07) is 59.6. The van der Waals surface area contributed by atoms with Crippen molar-refractivity contribution in [3.63, 3.8) is 0 Å². The third kappa shape index (κ3) is 10.2. The van der Waals surface area contributed by atoms with Gasteiger partial charge in [-0.05, 0) is 144 Å². The van der Waals surface area contributed by atoms with E-state index in [2.05, 4.69) is 146 Å². The second-order valence-corrected chi connectivity index (χ2v) is 18.6. The van der Waals surface area contributed by atoms with E-state index in [9.17, 15) is 21.0 Å². The Balaban J connectivity index is 0.981. The van der Waals surface area contributed by atoms with E-state index in [4.69, 9.17) is 18.9 Å². The molecule has 7 rings (SSSR count). The Morgan fingerprint density at radius 1 is 0.314 bits per heavy atom. The maximum Gasteiger partial charge on any atom is 0.133 e. The van der Waals surface area contributed by atoms with E-state index in [1.54, 1.807) is 36.4 Å². The quantitative estimate of drug-likeness (QED) is 0.0831. The Labute approximate surface area is 413 Å². The van der Waals surface area contributed by atoms with Gasteiger partial charge in [-0.3, -0.25) is 0 Å². The van der Waals surface area contributed by atoms with Crippen LogP contribution >= 0.6 is 0 Å².